The van der Waals surface area contributed by atoms with Crippen LogP contribution in [0.1, 0.15) is 10.4 Å². The van der Waals surface area contributed by atoms with E-state index in [0.717, 1.165) is 3.57 Å². The Hall–Kier alpha value is -1.67. The molecule has 0 spiro atoms. The van der Waals surface area contributed by atoms with E-state index in [2.05, 4.69) is 22.6 Å². The fourth-order valence-corrected chi connectivity index (χ4v) is 2.14. The van der Waals surface area contributed by atoms with E-state index >= 15 is 0 Å². The number of rotatable bonds is 5. The molecule has 0 aliphatic rings. The largest absolute Gasteiger partial charge is 0.478 e. The molecule has 5 nitrogen and oxygen atoms in total. The van der Waals surface area contributed by atoms with Crippen LogP contribution in [-0.2, 0) is 0 Å². The molecule has 0 N–H and O–H groups in total. The first-order chi connectivity index (χ1) is 9.97. The highest BCUT2D eigenvalue weighted by atomic mass is 127. The highest BCUT2D eigenvalue weighted by Crippen LogP contribution is 2.30. The quantitative estimate of drug-likeness (QED) is 0.318. The number of hydrogen-bond donors (Lipinski definition) is 0. The third kappa shape index (κ3) is 4.15. The maximum atomic E-state index is 12.0. The average Bonchev–Trinajstić information content (AvgIpc) is 2.45. The third-order valence-corrected chi connectivity index (χ3v) is 3.60. The van der Waals surface area contributed by atoms with Gasteiger partial charge in [-0.25, -0.2) is 0 Å². The Balaban J connectivity index is 2.12. The number of Topliss-reactive ketones (excluding diaryl/α,β-unsaturated/α-hetero) is 1. The van der Waals surface area contributed by atoms with Gasteiger partial charge < -0.3 is 4.74 Å². The van der Waals surface area contributed by atoms with Gasteiger partial charge in [0, 0.05) is 26.3 Å². The molecule has 0 unspecified atom stereocenters. The van der Waals surface area contributed by atoms with Crippen molar-refractivity contribution in [2.45, 2.75) is 0 Å². The molecule has 0 fully saturated rings. The number of carbonyl (C=O) groups excluding carboxylic acids is 1. The lowest BCUT2D eigenvalue weighted by atomic mass is 10.1. The molecule has 0 aromatic heterocycles. The summed E-state index contributed by atoms with van der Waals surface area (Å²) >= 11 is 7.92. The number of ketones is 1. The molecule has 0 aliphatic carbocycles. The molecule has 0 bridgehead atoms. The van der Waals surface area contributed by atoms with Crippen molar-refractivity contribution in [1.29, 1.82) is 0 Å². The fourth-order valence-electron chi connectivity index (χ4n) is 1.62. The van der Waals surface area contributed by atoms with Crippen molar-refractivity contribution in [2.75, 3.05) is 6.61 Å². The molecule has 108 valence electrons. The van der Waals surface area contributed by atoms with Crippen LogP contribution >= 0.6 is 34.2 Å². The zero-order valence-corrected chi connectivity index (χ0v) is 13.5. The lowest BCUT2D eigenvalue weighted by molar-refractivity contribution is -0.385. The lowest BCUT2D eigenvalue weighted by Crippen LogP contribution is -2.12. The smallest absolute Gasteiger partial charge is 0.311 e. The second kappa shape index (κ2) is 6.86. The summed E-state index contributed by atoms with van der Waals surface area (Å²) in [5.41, 5.74) is 0.259. The molecule has 2 aromatic rings. The van der Waals surface area contributed by atoms with Crippen molar-refractivity contribution >= 4 is 45.7 Å². The molecule has 2 aromatic carbocycles. The lowest BCUT2D eigenvalue weighted by Gasteiger charge is -2.06. The van der Waals surface area contributed by atoms with Crippen LogP contribution in [-0.4, -0.2) is 17.3 Å². The van der Waals surface area contributed by atoms with E-state index < -0.39 is 4.92 Å². The number of benzene rings is 2. The molecule has 21 heavy (non-hydrogen) atoms. The van der Waals surface area contributed by atoms with Gasteiger partial charge in [-0.2, -0.15) is 0 Å². The number of hydrogen-bond acceptors (Lipinski definition) is 4. The molecule has 7 heteroatoms. The summed E-state index contributed by atoms with van der Waals surface area (Å²) in [6.07, 6.45) is 0. The molecular formula is C14H9ClINO4. The van der Waals surface area contributed by atoms with Crippen LogP contribution in [0, 0.1) is 13.7 Å². The van der Waals surface area contributed by atoms with Gasteiger partial charge in [0.05, 0.1) is 4.92 Å². The predicted octanol–water partition coefficient (Wildman–Crippen LogP) is 4.11. The molecule has 0 atom stereocenters. The molecule has 2 rings (SSSR count). The van der Waals surface area contributed by atoms with Crippen molar-refractivity contribution in [3.05, 3.63) is 66.7 Å². The van der Waals surface area contributed by atoms with E-state index in [-0.39, 0.29) is 23.8 Å². The van der Waals surface area contributed by atoms with Gasteiger partial charge in [0.15, 0.2) is 18.1 Å². The standard InChI is InChI=1S/C14H9ClINO4/c15-10-3-6-12(17(19)20)14(7-10)21-8-13(18)9-1-4-11(16)5-2-9/h1-7H,8H2. The average molecular weight is 418 g/mol. The molecule has 0 saturated heterocycles. The van der Waals surface area contributed by atoms with E-state index in [4.69, 9.17) is 16.3 Å². The number of ether oxygens (including phenoxy) is 1. The van der Waals surface area contributed by atoms with Crippen molar-refractivity contribution < 1.29 is 14.5 Å². The maximum Gasteiger partial charge on any atom is 0.311 e. The second-order valence-corrected chi connectivity index (χ2v) is 5.77. The SMILES string of the molecule is O=C(COc1cc(Cl)ccc1[N+](=O)[O-])c1ccc(I)cc1. The van der Waals surface area contributed by atoms with Gasteiger partial charge in [-0.3, -0.25) is 14.9 Å². The van der Waals surface area contributed by atoms with Crippen LogP contribution in [0.4, 0.5) is 5.69 Å². The minimum absolute atomic E-state index is 0.0219. The first kappa shape index (κ1) is 15.7. The summed E-state index contributed by atoms with van der Waals surface area (Å²) in [5, 5.41) is 11.2. The fraction of sp³-hybridized carbons (Fsp3) is 0.0714. The highest BCUT2D eigenvalue weighted by molar-refractivity contribution is 14.1. The van der Waals surface area contributed by atoms with Crippen LogP contribution in [0.3, 0.4) is 0 Å². The van der Waals surface area contributed by atoms with Crippen LogP contribution in [0.25, 0.3) is 0 Å². The van der Waals surface area contributed by atoms with Gasteiger partial charge >= 0.3 is 5.69 Å². The monoisotopic (exact) mass is 417 g/mol. The highest BCUT2D eigenvalue weighted by Gasteiger charge is 2.17. The zero-order chi connectivity index (χ0) is 15.4. The summed E-state index contributed by atoms with van der Waals surface area (Å²) in [6.45, 7) is -0.290. The van der Waals surface area contributed by atoms with Crippen molar-refractivity contribution in [1.82, 2.24) is 0 Å². The van der Waals surface area contributed by atoms with E-state index in [1.54, 1.807) is 24.3 Å². The van der Waals surface area contributed by atoms with Crippen molar-refractivity contribution in [2.24, 2.45) is 0 Å². The van der Waals surface area contributed by atoms with E-state index in [1.165, 1.54) is 18.2 Å². The first-order valence-electron chi connectivity index (χ1n) is 5.83. The van der Waals surface area contributed by atoms with Gasteiger partial charge in [-0.1, -0.05) is 23.7 Å². The number of nitrogens with zero attached hydrogens (tertiary/aromatic N) is 1. The van der Waals surface area contributed by atoms with Gasteiger partial charge in [0.25, 0.3) is 0 Å². The Morgan fingerprint density at radius 3 is 2.52 bits per heavy atom. The van der Waals surface area contributed by atoms with Crippen LogP contribution in [0.2, 0.25) is 5.02 Å². The Morgan fingerprint density at radius 1 is 1.24 bits per heavy atom. The summed E-state index contributed by atoms with van der Waals surface area (Å²) < 4.78 is 6.26. The van der Waals surface area contributed by atoms with Crippen LogP contribution in [0.15, 0.2) is 42.5 Å². The maximum absolute atomic E-state index is 12.0. The van der Waals surface area contributed by atoms with E-state index in [1.807, 2.05) is 0 Å². The number of carbonyl (C=O) groups is 1. The molecule has 0 aliphatic heterocycles. The topological polar surface area (TPSA) is 69.4 Å². The summed E-state index contributed by atoms with van der Waals surface area (Å²) in [4.78, 5) is 22.3. The second-order valence-electron chi connectivity index (χ2n) is 4.09. The summed E-state index contributed by atoms with van der Waals surface area (Å²) in [7, 11) is 0. The zero-order valence-electron chi connectivity index (χ0n) is 10.6. The van der Waals surface area contributed by atoms with Crippen molar-refractivity contribution in [3.8, 4) is 5.75 Å². The van der Waals surface area contributed by atoms with Gasteiger partial charge in [-0.05, 0) is 40.8 Å². The van der Waals surface area contributed by atoms with Crippen LogP contribution in [0.5, 0.6) is 5.75 Å². The van der Waals surface area contributed by atoms with Crippen LogP contribution < -0.4 is 4.74 Å². The first-order valence-corrected chi connectivity index (χ1v) is 7.28. The normalized spacial score (nSPS) is 10.2. The Bertz CT molecular complexity index is 688. The molecule has 0 amide bonds. The summed E-state index contributed by atoms with van der Waals surface area (Å²) in [5.74, 6) is -0.285. The Morgan fingerprint density at radius 2 is 1.90 bits per heavy atom. The van der Waals surface area contributed by atoms with Gasteiger partial charge in [-0.15, -0.1) is 0 Å². The molecule has 0 radical (unpaired) electrons. The minimum Gasteiger partial charge on any atom is -0.478 e. The van der Waals surface area contributed by atoms with Gasteiger partial charge in [0.1, 0.15) is 0 Å². The van der Waals surface area contributed by atoms with Crippen molar-refractivity contribution in [3.63, 3.8) is 0 Å². The van der Waals surface area contributed by atoms with E-state index in [0.29, 0.717) is 10.6 Å². The Labute approximate surface area is 139 Å². The molecule has 0 saturated carbocycles. The molecule has 0 heterocycles. The molecular weight excluding hydrogens is 409 g/mol. The number of nitro groups is 1. The predicted molar refractivity (Wildman–Crippen MR) is 87.1 cm³/mol. The third-order valence-electron chi connectivity index (χ3n) is 2.64. The Kier molecular flexibility index (Phi) is 5.13. The minimum atomic E-state index is -0.582. The van der Waals surface area contributed by atoms with Gasteiger partial charge in [0.2, 0.25) is 0 Å². The number of nitro benzene ring substituents is 1. The number of halogens is 2. The van der Waals surface area contributed by atoms with E-state index in [9.17, 15) is 14.9 Å². The summed E-state index contributed by atoms with van der Waals surface area (Å²) in [6, 6.07) is 10.9.